The van der Waals surface area contributed by atoms with E-state index in [1.807, 2.05) is 13.8 Å². The maximum atomic E-state index is 13.7. The molecule has 0 aliphatic rings. The summed E-state index contributed by atoms with van der Waals surface area (Å²) in [5.74, 6) is -2.83. The van der Waals surface area contributed by atoms with Gasteiger partial charge in [0, 0.05) is 43.2 Å². The molecule has 28 heavy (non-hydrogen) atoms. The molecule has 1 aromatic carbocycles. The Hall–Kier alpha value is -3.03. The molecule has 150 valence electrons. The molecule has 0 radical (unpaired) electrons. The summed E-state index contributed by atoms with van der Waals surface area (Å²) in [4.78, 5) is 37.4. The highest BCUT2D eigenvalue weighted by molar-refractivity contribution is 5.99. The number of nitrogens with one attached hydrogen (secondary N) is 2. The maximum absolute atomic E-state index is 13.7. The predicted molar refractivity (Wildman–Crippen MR) is 101 cm³/mol. The van der Waals surface area contributed by atoms with E-state index in [1.165, 1.54) is 18.5 Å². The van der Waals surface area contributed by atoms with Crippen LogP contribution in [0.25, 0.3) is 0 Å². The molecule has 0 spiro atoms. The summed E-state index contributed by atoms with van der Waals surface area (Å²) >= 11 is 0. The number of carbonyl (C=O) groups excluding carboxylic acids is 2. The zero-order chi connectivity index (χ0) is 20.8. The standard InChI is InChI=1S/C20H23F2N3O3/c1-4-12(3)25-10-15(19(27)23-5-2)18(26)16(11-25)20(28)24-9-13-6-7-14(21)8-17(13)22/h6-8,10-12H,4-5,9H2,1-3H3,(H,23,27)(H,24,28). The van der Waals surface area contributed by atoms with Crippen molar-refractivity contribution in [3.8, 4) is 0 Å². The second kappa shape index (κ2) is 9.25. The number of hydrogen-bond acceptors (Lipinski definition) is 3. The first kappa shape index (κ1) is 21.3. The van der Waals surface area contributed by atoms with Gasteiger partial charge < -0.3 is 15.2 Å². The Labute approximate surface area is 161 Å². The molecule has 1 heterocycles. The molecule has 6 nitrogen and oxygen atoms in total. The molecule has 0 saturated heterocycles. The Balaban J connectivity index is 2.36. The van der Waals surface area contributed by atoms with Crippen LogP contribution in [-0.2, 0) is 6.54 Å². The SMILES string of the molecule is CCNC(=O)c1cn(C(C)CC)cc(C(=O)NCc2ccc(F)cc2F)c1=O. The van der Waals surface area contributed by atoms with Crippen LogP contribution >= 0.6 is 0 Å². The van der Waals surface area contributed by atoms with Crippen molar-refractivity contribution in [2.45, 2.75) is 39.8 Å². The number of pyridine rings is 1. The molecule has 2 aromatic rings. The van der Waals surface area contributed by atoms with Crippen molar-refractivity contribution >= 4 is 11.8 Å². The molecule has 0 aliphatic carbocycles. The van der Waals surface area contributed by atoms with Crippen LogP contribution in [0.3, 0.4) is 0 Å². The number of carbonyl (C=O) groups is 2. The van der Waals surface area contributed by atoms with Crippen molar-refractivity contribution < 1.29 is 18.4 Å². The number of halogens is 2. The average Bonchev–Trinajstić information content (AvgIpc) is 2.66. The predicted octanol–water partition coefficient (Wildman–Crippen LogP) is 2.78. The first-order valence-corrected chi connectivity index (χ1v) is 9.04. The van der Waals surface area contributed by atoms with E-state index in [0.717, 1.165) is 12.5 Å². The van der Waals surface area contributed by atoms with Gasteiger partial charge in [0.25, 0.3) is 11.8 Å². The van der Waals surface area contributed by atoms with Gasteiger partial charge in [-0.25, -0.2) is 8.78 Å². The molecule has 2 rings (SSSR count). The van der Waals surface area contributed by atoms with Gasteiger partial charge in [0.15, 0.2) is 0 Å². The normalized spacial score (nSPS) is 11.8. The van der Waals surface area contributed by atoms with Crippen LogP contribution in [0.1, 0.15) is 59.5 Å². The monoisotopic (exact) mass is 391 g/mol. The minimum atomic E-state index is -0.798. The Bertz CT molecular complexity index is 941. The fraction of sp³-hybridized carbons (Fsp3) is 0.350. The van der Waals surface area contributed by atoms with Gasteiger partial charge in [-0.2, -0.15) is 0 Å². The first-order chi connectivity index (χ1) is 13.3. The van der Waals surface area contributed by atoms with Crippen LogP contribution < -0.4 is 16.1 Å². The Morgan fingerprint density at radius 1 is 1.07 bits per heavy atom. The average molecular weight is 391 g/mol. The molecule has 0 aliphatic heterocycles. The van der Waals surface area contributed by atoms with Gasteiger partial charge in [-0.15, -0.1) is 0 Å². The molecular weight excluding hydrogens is 368 g/mol. The third kappa shape index (κ3) is 4.82. The Morgan fingerprint density at radius 3 is 2.21 bits per heavy atom. The smallest absolute Gasteiger partial charge is 0.257 e. The van der Waals surface area contributed by atoms with E-state index in [4.69, 9.17) is 0 Å². The molecule has 0 bridgehead atoms. The lowest BCUT2D eigenvalue weighted by molar-refractivity contribution is 0.0948. The van der Waals surface area contributed by atoms with Crippen LogP contribution in [0, 0.1) is 11.6 Å². The number of hydrogen-bond donors (Lipinski definition) is 2. The quantitative estimate of drug-likeness (QED) is 0.762. The van der Waals surface area contributed by atoms with E-state index < -0.39 is 28.9 Å². The highest BCUT2D eigenvalue weighted by Gasteiger charge is 2.20. The van der Waals surface area contributed by atoms with Crippen molar-refractivity contribution in [1.82, 2.24) is 15.2 Å². The lowest BCUT2D eigenvalue weighted by atomic mass is 10.1. The lowest BCUT2D eigenvalue weighted by Crippen LogP contribution is -2.35. The van der Waals surface area contributed by atoms with Crippen molar-refractivity contribution in [2.75, 3.05) is 6.54 Å². The largest absolute Gasteiger partial charge is 0.352 e. The molecule has 0 fully saturated rings. The fourth-order valence-corrected chi connectivity index (χ4v) is 2.58. The van der Waals surface area contributed by atoms with Gasteiger partial charge in [-0.05, 0) is 26.3 Å². The molecular formula is C20H23F2N3O3. The maximum Gasteiger partial charge on any atom is 0.257 e. The number of aromatic nitrogens is 1. The second-order valence-electron chi connectivity index (χ2n) is 6.40. The van der Waals surface area contributed by atoms with Gasteiger partial charge >= 0.3 is 0 Å². The highest BCUT2D eigenvalue weighted by atomic mass is 19.1. The summed E-state index contributed by atoms with van der Waals surface area (Å²) in [7, 11) is 0. The van der Waals surface area contributed by atoms with Gasteiger partial charge in [0.2, 0.25) is 5.43 Å². The third-order valence-corrected chi connectivity index (χ3v) is 4.43. The summed E-state index contributed by atoms with van der Waals surface area (Å²) in [6, 6.07) is 2.96. The highest BCUT2D eigenvalue weighted by Crippen LogP contribution is 2.12. The lowest BCUT2D eigenvalue weighted by Gasteiger charge is -2.17. The van der Waals surface area contributed by atoms with E-state index in [0.29, 0.717) is 12.6 Å². The Morgan fingerprint density at radius 2 is 1.68 bits per heavy atom. The molecule has 1 aromatic heterocycles. The Kier molecular flexibility index (Phi) is 7.03. The van der Waals surface area contributed by atoms with Crippen LogP contribution in [0.4, 0.5) is 8.78 Å². The number of nitrogens with zero attached hydrogens (tertiary/aromatic N) is 1. The van der Waals surface area contributed by atoms with Crippen molar-refractivity contribution in [3.05, 3.63) is 69.1 Å². The molecule has 2 amide bonds. The van der Waals surface area contributed by atoms with Crippen LogP contribution in [0.5, 0.6) is 0 Å². The number of benzene rings is 1. The summed E-state index contributed by atoms with van der Waals surface area (Å²) in [6.45, 7) is 5.66. The van der Waals surface area contributed by atoms with Crippen molar-refractivity contribution in [3.63, 3.8) is 0 Å². The summed E-state index contributed by atoms with van der Waals surface area (Å²) in [5.41, 5.74) is -0.978. The first-order valence-electron chi connectivity index (χ1n) is 9.04. The van der Waals surface area contributed by atoms with E-state index in [9.17, 15) is 23.2 Å². The van der Waals surface area contributed by atoms with Crippen molar-refractivity contribution in [2.24, 2.45) is 0 Å². The topological polar surface area (TPSA) is 80.2 Å². The molecule has 8 heteroatoms. The molecule has 0 saturated carbocycles. The van der Waals surface area contributed by atoms with E-state index in [-0.39, 0.29) is 29.3 Å². The van der Waals surface area contributed by atoms with Gasteiger partial charge in [-0.1, -0.05) is 13.0 Å². The van der Waals surface area contributed by atoms with Crippen LogP contribution in [0.2, 0.25) is 0 Å². The van der Waals surface area contributed by atoms with E-state index >= 15 is 0 Å². The summed E-state index contributed by atoms with van der Waals surface area (Å²) in [5, 5.41) is 5.01. The fourth-order valence-electron chi connectivity index (χ4n) is 2.58. The zero-order valence-electron chi connectivity index (χ0n) is 16.0. The minimum Gasteiger partial charge on any atom is -0.352 e. The second-order valence-corrected chi connectivity index (χ2v) is 6.40. The van der Waals surface area contributed by atoms with Crippen LogP contribution in [-0.4, -0.2) is 22.9 Å². The third-order valence-electron chi connectivity index (χ3n) is 4.43. The van der Waals surface area contributed by atoms with Crippen molar-refractivity contribution in [1.29, 1.82) is 0 Å². The van der Waals surface area contributed by atoms with Gasteiger partial charge in [0.1, 0.15) is 22.8 Å². The number of amides is 2. The molecule has 2 N–H and O–H groups in total. The number of rotatable bonds is 7. The van der Waals surface area contributed by atoms with E-state index in [1.54, 1.807) is 11.5 Å². The molecule has 1 unspecified atom stereocenters. The van der Waals surface area contributed by atoms with Crippen LogP contribution in [0.15, 0.2) is 35.4 Å². The zero-order valence-corrected chi connectivity index (χ0v) is 16.0. The van der Waals surface area contributed by atoms with E-state index in [2.05, 4.69) is 10.6 Å². The molecule has 1 atom stereocenters. The summed E-state index contributed by atoms with van der Waals surface area (Å²) < 4.78 is 28.4. The minimum absolute atomic E-state index is 0.0464. The van der Waals surface area contributed by atoms with Gasteiger partial charge in [0.05, 0.1) is 0 Å². The summed E-state index contributed by atoms with van der Waals surface area (Å²) in [6.07, 6.45) is 3.53. The van der Waals surface area contributed by atoms with Gasteiger partial charge in [-0.3, -0.25) is 14.4 Å².